The van der Waals surface area contributed by atoms with Crippen LogP contribution in [0, 0.1) is 5.92 Å². The molecule has 2 aromatic rings. The Labute approximate surface area is 195 Å². The first-order valence-corrected chi connectivity index (χ1v) is 10.8. The first-order valence-electron chi connectivity index (χ1n) is 10.8. The fourth-order valence-electron chi connectivity index (χ4n) is 3.71. The Balaban J connectivity index is 1.63. The van der Waals surface area contributed by atoms with E-state index in [9.17, 15) is 22.8 Å². The van der Waals surface area contributed by atoms with Gasteiger partial charge in [0.05, 0.1) is 24.7 Å². The summed E-state index contributed by atoms with van der Waals surface area (Å²) in [6, 6.07) is 6.81. The highest BCUT2D eigenvalue weighted by molar-refractivity contribution is 5.96. The van der Waals surface area contributed by atoms with Gasteiger partial charge in [0.25, 0.3) is 5.91 Å². The lowest BCUT2D eigenvalue weighted by atomic mass is 9.97. The van der Waals surface area contributed by atoms with Crippen molar-refractivity contribution in [2.45, 2.75) is 39.0 Å². The number of rotatable bonds is 6. The molecule has 1 aliphatic heterocycles. The van der Waals surface area contributed by atoms with E-state index in [1.807, 2.05) is 13.8 Å². The van der Waals surface area contributed by atoms with Gasteiger partial charge < -0.3 is 14.4 Å². The van der Waals surface area contributed by atoms with Crippen LogP contribution < -0.4 is 25.2 Å². The quantitative estimate of drug-likeness (QED) is 0.614. The summed E-state index contributed by atoms with van der Waals surface area (Å²) in [4.78, 5) is 30.5. The lowest BCUT2D eigenvalue weighted by Crippen LogP contribution is -2.49. The standard InChI is InChI=1S/C23H27F3N4O4/c1-14(2)34-18-9-8-15(12-19(18)33-3)21(31)28-29-22(32)16-6-5-11-30(13-16)20-17(23(24,25)26)7-4-10-27-20/h4,7-10,12,14,16H,5-6,11,13H2,1-3H3,(H,28,31)(H,29,32). The molecular formula is C23H27F3N4O4. The number of nitrogens with one attached hydrogen (secondary N) is 2. The second-order valence-electron chi connectivity index (χ2n) is 8.13. The first-order chi connectivity index (χ1) is 16.1. The number of piperidine rings is 1. The molecule has 3 rings (SSSR count). The summed E-state index contributed by atoms with van der Waals surface area (Å²) in [5.74, 6) is -1.03. The molecule has 0 bridgehead atoms. The molecule has 1 aliphatic rings. The fourth-order valence-corrected chi connectivity index (χ4v) is 3.71. The lowest BCUT2D eigenvalue weighted by Gasteiger charge is -2.34. The molecule has 34 heavy (non-hydrogen) atoms. The van der Waals surface area contributed by atoms with E-state index in [-0.39, 0.29) is 24.0 Å². The van der Waals surface area contributed by atoms with E-state index in [0.717, 1.165) is 6.07 Å². The molecule has 8 nitrogen and oxygen atoms in total. The highest BCUT2D eigenvalue weighted by Crippen LogP contribution is 2.36. The number of hydrogen-bond donors (Lipinski definition) is 2. The number of alkyl halides is 3. The van der Waals surface area contributed by atoms with Crippen LogP contribution >= 0.6 is 0 Å². The Kier molecular flexibility index (Phi) is 7.85. The summed E-state index contributed by atoms with van der Waals surface area (Å²) < 4.78 is 51.0. The van der Waals surface area contributed by atoms with Gasteiger partial charge in [-0.3, -0.25) is 20.4 Å². The maximum Gasteiger partial charge on any atom is 0.419 e. The number of carbonyl (C=O) groups excluding carboxylic acids is 2. The number of aromatic nitrogens is 1. The maximum atomic E-state index is 13.4. The van der Waals surface area contributed by atoms with Crippen LogP contribution in [-0.4, -0.2) is 43.1 Å². The van der Waals surface area contributed by atoms with E-state index in [0.29, 0.717) is 30.9 Å². The summed E-state index contributed by atoms with van der Waals surface area (Å²) in [5, 5.41) is 0. The second kappa shape index (κ2) is 10.6. The molecule has 1 aromatic heterocycles. The van der Waals surface area contributed by atoms with Gasteiger partial charge >= 0.3 is 6.18 Å². The molecule has 0 spiro atoms. The van der Waals surface area contributed by atoms with Gasteiger partial charge in [-0.05, 0) is 57.0 Å². The van der Waals surface area contributed by atoms with Crippen LogP contribution in [0.1, 0.15) is 42.6 Å². The summed E-state index contributed by atoms with van der Waals surface area (Å²) in [5.41, 5.74) is 4.11. The number of nitrogens with zero attached hydrogens (tertiary/aromatic N) is 2. The molecule has 11 heteroatoms. The molecule has 2 amide bonds. The fraction of sp³-hybridized carbons (Fsp3) is 0.435. The van der Waals surface area contributed by atoms with Crippen molar-refractivity contribution in [1.29, 1.82) is 0 Å². The normalized spacial score (nSPS) is 16.2. The molecule has 1 atom stereocenters. The van der Waals surface area contributed by atoms with Gasteiger partial charge in [-0.15, -0.1) is 0 Å². The zero-order valence-corrected chi connectivity index (χ0v) is 19.1. The molecule has 0 radical (unpaired) electrons. The molecule has 1 aromatic carbocycles. The molecule has 2 N–H and O–H groups in total. The van der Waals surface area contributed by atoms with Gasteiger partial charge in [0.1, 0.15) is 5.82 Å². The van der Waals surface area contributed by atoms with E-state index in [1.54, 1.807) is 6.07 Å². The van der Waals surface area contributed by atoms with E-state index in [4.69, 9.17) is 9.47 Å². The highest BCUT2D eigenvalue weighted by Gasteiger charge is 2.37. The molecular weight excluding hydrogens is 453 g/mol. The van der Waals surface area contributed by atoms with E-state index >= 15 is 0 Å². The Morgan fingerprint density at radius 3 is 2.62 bits per heavy atom. The molecule has 1 unspecified atom stereocenters. The number of hydrogen-bond acceptors (Lipinski definition) is 6. The summed E-state index contributed by atoms with van der Waals surface area (Å²) in [6.45, 7) is 4.12. The summed E-state index contributed by atoms with van der Waals surface area (Å²) >= 11 is 0. The third kappa shape index (κ3) is 6.09. The highest BCUT2D eigenvalue weighted by atomic mass is 19.4. The van der Waals surface area contributed by atoms with Crippen LogP contribution in [0.25, 0.3) is 0 Å². The average molecular weight is 480 g/mol. The smallest absolute Gasteiger partial charge is 0.419 e. The summed E-state index contributed by atoms with van der Waals surface area (Å²) in [7, 11) is 1.45. The lowest BCUT2D eigenvalue weighted by molar-refractivity contribution is -0.137. The Bertz CT molecular complexity index is 1030. The minimum atomic E-state index is -4.55. The zero-order valence-electron chi connectivity index (χ0n) is 19.1. The third-order valence-electron chi connectivity index (χ3n) is 5.27. The van der Waals surface area contributed by atoms with Gasteiger partial charge in [0.2, 0.25) is 5.91 Å². The SMILES string of the molecule is COc1cc(C(=O)NNC(=O)C2CCCN(c3ncccc3C(F)(F)F)C2)ccc1OC(C)C. The van der Waals surface area contributed by atoms with Crippen molar-refractivity contribution in [2.75, 3.05) is 25.1 Å². The molecule has 1 saturated heterocycles. The molecule has 0 saturated carbocycles. The molecule has 2 heterocycles. The van der Waals surface area contributed by atoms with Crippen LogP contribution in [0.4, 0.5) is 19.0 Å². The van der Waals surface area contributed by atoms with E-state index in [2.05, 4.69) is 15.8 Å². The van der Waals surface area contributed by atoms with Crippen molar-refractivity contribution < 1.29 is 32.2 Å². The third-order valence-corrected chi connectivity index (χ3v) is 5.27. The number of hydrazine groups is 1. The number of amides is 2. The van der Waals surface area contributed by atoms with Gasteiger partial charge in [-0.2, -0.15) is 13.2 Å². The number of benzene rings is 1. The number of ether oxygens (including phenoxy) is 2. The first kappa shape index (κ1) is 25.1. The van der Waals surface area contributed by atoms with Gasteiger partial charge in [0.15, 0.2) is 11.5 Å². The van der Waals surface area contributed by atoms with Crippen LogP contribution in [-0.2, 0) is 11.0 Å². The van der Waals surface area contributed by atoms with Crippen molar-refractivity contribution in [1.82, 2.24) is 15.8 Å². The predicted octanol–water partition coefficient (Wildman–Crippen LogP) is 3.57. The van der Waals surface area contributed by atoms with Gasteiger partial charge in [-0.1, -0.05) is 0 Å². The van der Waals surface area contributed by atoms with Crippen molar-refractivity contribution in [3.05, 3.63) is 47.7 Å². The average Bonchev–Trinajstić information content (AvgIpc) is 2.81. The van der Waals surface area contributed by atoms with E-state index < -0.39 is 29.5 Å². The monoisotopic (exact) mass is 480 g/mol. The summed E-state index contributed by atoms with van der Waals surface area (Å²) in [6.07, 6.45) is -2.36. The van der Waals surface area contributed by atoms with Crippen molar-refractivity contribution in [2.24, 2.45) is 5.92 Å². The van der Waals surface area contributed by atoms with Crippen LogP contribution in [0.15, 0.2) is 36.5 Å². The number of carbonyl (C=O) groups is 2. The Morgan fingerprint density at radius 2 is 1.94 bits per heavy atom. The van der Waals surface area contributed by atoms with Gasteiger partial charge in [0, 0.05) is 24.8 Å². The predicted molar refractivity (Wildman–Crippen MR) is 119 cm³/mol. The number of pyridine rings is 1. The van der Waals surface area contributed by atoms with Crippen LogP contribution in [0.3, 0.4) is 0 Å². The molecule has 1 fully saturated rings. The number of methoxy groups -OCH3 is 1. The van der Waals surface area contributed by atoms with Gasteiger partial charge in [-0.25, -0.2) is 4.98 Å². The topological polar surface area (TPSA) is 92.8 Å². The number of halogens is 3. The van der Waals surface area contributed by atoms with Crippen LogP contribution in [0.5, 0.6) is 11.5 Å². The van der Waals surface area contributed by atoms with E-state index in [1.165, 1.54) is 36.4 Å². The van der Waals surface area contributed by atoms with Crippen molar-refractivity contribution in [3.63, 3.8) is 0 Å². The minimum Gasteiger partial charge on any atom is -0.493 e. The van der Waals surface area contributed by atoms with Crippen molar-refractivity contribution in [3.8, 4) is 11.5 Å². The zero-order chi connectivity index (χ0) is 24.9. The minimum absolute atomic E-state index is 0.0524. The largest absolute Gasteiger partial charge is 0.493 e. The van der Waals surface area contributed by atoms with Crippen LogP contribution in [0.2, 0.25) is 0 Å². The van der Waals surface area contributed by atoms with Crippen molar-refractivity contribution >= 4 is 17.6 Å². The molecule has 0 aliphatic carbocycles. The Morgan fingerprint density at radius 1 is 1.18 bits per heavy atom. The molecule has 184 valence electrons. The number of anilines is 1. The second-order valence-corrected chi connectivity index (χ2v) is 8.13. The maximum absolute atomic E-state index is 13.4. The Hall–Kier alpha value is -3.50.